The van der Waals surface area contributed by atoms with Crippen LogP contribution in [0.5, 0.6) is 0 Å². The molecule has 0 spiro atoms. The molecule has 7 heteroatoms. The summed E-state index contributed by atoms with van der Waals surface area (Å²) in [6.45, 7) is 2.60. The molecule has 0 radical (unpaired) electrons. The van der Waals surface area contributed by atoms with Crippen molar-refractivity contribution in [2.45, 2.75) is 13.5 Å². The van der Waals surface area contributed by atoms with Gasteiger partial charge in [-0.05, 0) is 24.1 Å². The third-order valence-corrected chi connectivity index (χ3v) is 2.74. The van der Waals surface area contributed by atoms with Crippen LogP contribution in [0.25, 0.3) is 0 Å². The van der Waals surface area contributed by atoms with Gasteiger partial charge in [0, 0.05) is 18.9 Å². The highest BCUT2D eigenvalue weighted by atomic mass is 35.5. The van der Waals surface area contributed by atoms with Crippen molar-refractivity contribution in [3.05, 3.63) is 40.8 Å². The number of aryl methyl sites for hydroxylation is 1. The number of halogens is 1. The van der Waals surface area contributed by atoms with Gasteiger partial charge in [0.15, 0.2) is 5.82 Å². The first kappa shape index (κ1) is 12.5. The molecule has 4 N–H and O–H groups in total. The van der Waals surface area contributed by atoms with Crippen LogP contribution in [0, 0.1) is 6.92 Å². The van der Waals surface area contributed by atoms with E-state index in [1.807, 2.05) is 13.0 Å². The van der Waals surface area contributed by atoms with Crippen molar-refractivity contribution in [1.82, 2.24) is 15.0 Å². The number of nitrogen functional groups attached to an aromatic ring is 1. The molecular weight excluding hydrogens is 252 g/mol. The number of nitrogens with zero attached hydrogens (tertiary/aromatic N) is 3. The number of hydrogen-bond donors (Lipinski definition) is 3. The fraction of sp³-hybridized carbons (Fsp3) is 0.182. The quantitative estimate of drug-likeness (QED) is 0.576. The van der Waals surface area contributed by atoms with Gasteiger partial charge in [-0.2, -0.15) is 4.98 Å². The minimum atomic E-state index is 0.310. The van der Waals surface area contributed by atoms with Gasteiger partial charge in [0.25, 0.3) is 0 Å². The van der Waals surface area contributed by atoms with E-state index in [9.17, 15) is 0 Å². The molecule has 0 atom stereocenters. The molecule has 0 unspecified atom stereocenters. The Labute approximate surface area is 110 Å². The van der Waals surface area contributed by atoms with Crippen molar-refractivity contribution < 1.29 is 0 Å². The summed E-state index contributed by atoms with van der Waals surface area (Å²) < 4.78 is 0. The Kier molecular flexibility index (Phi) is 3.91. The summed E-state index contributed by atoms with van der Waals surface area (Å²) in [5.41, 5.74) is 4.60. The summed E-state index contributed by atoms with van der Waals surface area (Å²) in [7, 11) is 0. The molecule has 6 nitrogen and oxygen atoms in total. The number of hydrogen-bond acceptors (Lipinski definition) is 6. The van der Waals surface area contributed by atoms with E-state index in [-0.39, 0.29) is 0 Å². The molecular formula is C11H13ClN6. The SMILES string of the molecule is Cc1ccncc1CNc1nc(NN)ncc1Cl. The molecule has 0 bridgehead atoms. The molecule has 2 heterocycles. The van der Waals surface area contributed by atoms with E-state index in [0.29, 0.717) is 23.3 Å². The van der Waals surface area contributed by atoms with Crippen molar-refractivity contribution in [2.75, 3.05) is 10.7 Å². The lowest BCUT2D eigenvalue weighted by molar-refractivity contribution is 1.04. The molecule has 0 saturated heterocycles. The summed E-state index contributed by atoms with van der Waals surface area (Å²) in [5, 5.41) is 3.57. The number of nitrogens with two attached hydrogens (primary N) is 1. The number of aromatic nitrogens is 3. The largest absolute Gasteiger partial charge is 0.365 e. The average Bonchev–Trinajstić information content (AvgIpc) is 2.39. The van der Waals surface area contributed by atoms with Crippen LogP contribution in [-0.2, 0) is 6.54 Å². The van der Waals surface area contributed by atoms with Gasteiger partial charge in [0.05, 0.1) is 6.20 Å². The normalized spacial score (nSPS) is 10.2. The summed E-state index contributed by atoms with van der Waals surface area (Å²) in [6.07, 6.45) is 5.05. The topological polar surface area (TPSA) is 88.8 Å². The van der Waals surface area contributed by atoms with Crippen LogP contribution >= 0.6 is 11.6 Å². The molecule has 0 aliphatic heterocycles. The number of pyridine rings is 1. The van der Waals surface area contributed by atoms with E-state index in [4.69, 9.17) is 17.4 Å². The van der Waals surface area contributed by atoms with Gasteiger partial charge < -0.3 is 5.32 Å². The van der Waals surface area contributed by atoms with Crippen LogP contribution in [0.15, 0.2) is 24.7 Å². The zero-order valence-corrected chi connectivity index (χ0v) is 10.6. The van der Waals surface area contributed by atoms with Crippen molar-refractivity contribution >= 4 is 23.4 Å². The number of hydrazine groups is 1. The van der Waals surface area contributed by atoms with Gasteiger partial charge in [0.1, 0.15) is 5.02 Å². The summed E-state index contributed by atoms with van der Waals surface area (Å²) >= 11 is 5.99. The van der Waals surface area contributed by atoms with Crippen LogP contribution < -0.4 is 16.6 Å². The standard InChI is InChI=1S/C11H13ClN6/c1-7-2-3-14-4-8(7)5-15-10-9(12)6-16-11(17-10)18-13/h2-4,6H,5,13H2,1H3,(H2,15,16,17,18). The maximum atomic E-state index is 5.99. The number of nitrogens with one attached hydrogen (secondary N) is 2. The van der Waals surface area contributed by atoms with E-state index < -0.39 is 0 Å². The lowest BCUT2D eigenvalue weighted by Gasteiger charge is -2.09. The van der Waals surface area contributed by atoms with E-state index in [2.05, 4.69) is 25.7 Å². The zero-order chi connectivity index (χ0) is 13.0. The highest BCUT2D eigenvalue weighted by Crippen LogP contribution is 2.20. The molecule has 0 fully saturated rings. The fourth-order valence-corrected chi connectivity index (χ4v) is 1.58. The maximum Gasteiger partial charge on any atom is 0.239 e. The first-order chi connectivity index (χ1) is 8.70. The van der Waals surface area contributed by atoms with Crippen LogP contribution in [0.4, 0.5) is 11.8 Å². The fourth-order valence-electron chi connectivity index (χ4n) is 1.42. The number of rotatable bonds is 4. The first-order valence-corrected chi connectivity index (χ1v) is 5.71. The minimum absolute atomic E-state index is 0.310. The molecule has 0 saturated carbocycles. The molecule has 2 rings (SSSR count). The van der Waals surface area contributed by atoms with Gasteiger partial charge in [-0.1, -0.05) is 11.6 Å². The molecule has 0 amide bonds. The van der Waals surface area contributed by atoms with Crippen LogP contribution in [0.2, 0.25) is 5.02 Å². The second-order valence-electron chi connectivity index (χ2n) is 3.69. The monoisotopic (exact) mass is 264 g/mol. The van der Waals surface area contributed by atoms with Crippen molar-refractivity contribution in [1.29, 1.82) is 0 Å². The molecule has 2 aromatic rings. The van der Waals surface area contributed by atoms with Crippen LogP contribution in [0.1, 0.15) is 11.1 Å². The lowest BCUT2D eigenvalue weighted by Crippen LogP contribution is -2.12. The predicted molar refractivity (Wildman–Crippen MR) is 71.2 cm³/mol. The second kappa shape index (κ2) is 5.61. The molecule has 18 heavy (non-hydrogen) atoms. The summed E-state index contributed by atoms with van der Waals surface area (Å²) in [5.74, 6) is 6.08. The van der Waals surface area contributed by atoms with Gasteiger partial charge in [-0.25, -0.2) is 10.8 Å². The smallest absolute Gasteiger partial charge is 0.239 e. The summed E-state index contributed by atoms with van der Waals surface area (Å²) in [6, 6.07) is 1.95. The first-order valence-electron chi connectivity index (χ1n) is 5.33. The van der Waals surface area contributed by atoms with Gasteiger partial charge in [0.2, 0.25) is 5.95 Å². The Hall–Kier alpha value is -1.92. The lowest BCUT2D eigenvalue weighted by atomic mass is 10.1. The molecule has 2 aromatic heterocycles. The van der Waals surface area contributed by atoms with E-state index in [1.165, 1.54) is 6.20 Å². The third-order valence-electron chi connectivity index (χ3n) is 2.47. The minimum Gasteiger partial charge on any atom is -0.365 e. The van der Waals surface area contributed by atoms with Crippen LogP contribution in [-0.4, -0.2) is 15.0 Å². The zero-order valence-electron chi connectivity index (χ0n) is 9.81. The molecule has 0 aliphatic carbocycles. The Balaban J connectivity index is 2.13. The van der Waals surface area contributed by atoms with Gasteiger partial charge in [-0.15, -0.1) is 0 Å². The van der Waals surface area contributed by atoms with Crippen LogP contribution in [0.3, 0.4) is 0 Å². The Bertz CT molecular complexity index is 545. The highest BCUT2D eigenvalue weighted by Gasteiger charge is 2.05. The van der Waals surface area contributed by atoms with Crippen molar-refractivity contribution in [3.63, 3.8) is 0 Å². The Morgan fingerprint density at radius 2 is 2.22 bits per heavy atom. The Morgan fingerprint density at radius 3 is 2.94 bits per heavy atom. The van der Waals surface area contributed by atoms with E-state index in [1.54, 1.807) is 12.4 Å². The molecule has 94 valence electrons. The average molecular weight is 265 g/mol. The molecule has 0 aliphatic rings. The van der Waals surface area contributed by atoms with E-state index in [0.717, 1.165) is 11.1 Å². The maximum absolute atomic E-state index is 5.99. The highest BCUT2D eigenvalue weighted by molar-refractivity contribution is 6.32. The van der Waals surface area contributed by atoms with Crippen molar-refractivity contribution in [3.8, 4) is 0 Å². The van der Waals surface area contributed by atoms with Gasteiger partial charge in [-0.3, -0.25) is 10.4 Å². The Morgan fingerprint density at radius 1 is 1.39 bits per heavy atom. The predicted octanol–water partition coefficient (Wildman–Crippen LogP) is 1.73. The van der Waals surface area contributed by atoms with Crippen molar-refractivity contribution in [2.24, 2.45) is 5.84 Å². The van der Waals surface area contributed by atoms with E-state index >= 15 is 0 Å². The summed E-state index contributed by atoms with van der Waals surface area (Å²) in [4.78, 5) is 12.1. The van der Waals surface area contributed by atoms with Gasteiger partial charge >= 0.3 is 0 Å². The number of anilines is 2. The molecule has 0 aromatic carbocycles. The third kappa shape index (κ3) is 2.85. The second-order valence-corrected chi connectivity index (χ2v) is 4.10.